The topological polar surface area (TPSA) is 71.4 Å². The molecule has 150 valence electrons. The summed E-state index contributed by atoms with van der Waals surface area (Å²) in [6.45, 7) is 5.88. The minimum absolute atomic E-state index is 0.217. The Balaban J connectivity index is 2.02. The van der Waals surface area contributed by atoms with E-state index in [4.69, 9.17) is 21.1 Å². The molecule has 0 fully saturated rings. The maximum absolute atomic E-state index is 12.4. The van der Waals surface area contributed by atoms with E-state index in [0.29, 0.717) is 9.93 Å². The van der Waals surface area contributed by atoms with Crippen LogP contribution in [0.4, 0.5) is 5.69 Å². The highest BCUT2D eigenvalue weighted by atomic mass is 35.5. The van der Waals surface area contributed by atoms with Gasteiger partial charge in [-0.15, -0.1) is 0 Å². The van der Waals surface area contributed by atoms with E-state index in [0.717, 1.165) is 11.4 Å². The lowest BCUT2D eigenvalue weighted by atomic mass is 10.3. The van der Waals surface area contributed by atoms with E-state index in [9.17, 15) is 9.59 Å². The third-order valence-corrected chi connectivity index (χ3v) is 7.45. The van der Waals surface area contributed by atoms with Crippen molar-refractivity contribution < 1.29 is 19.1 Å². The van der Waals surface area contributed by atoms with Gasteiger partial charge in [0.1, 0.15) is 4.91 Å². The van der Waals surface area contributed by atoms with Crippen LogP contribution < -0.4 is 5.01 Å². The van der Waals surface area contributed by atoms with Crippen LogP contribution in [-0.4, -0.2) is 46.5 Å². The van der Waals surface area contributed by atoms with Crippen LogP contribution in [0.15, 0.2) is 40.0 Å². The van der Waals surface area contributed by atoms with Gasteiger partial charge in [-0.2, -0.15) is 5.10 Å². The fraction of sp³-hybridized carbons (Fsp3) is 0.389. The van der Waals surface area contributed by atoms with Gasteiger partial charge in [0.2, 0.25) is 9.37 Å². The summed E-state index contributed by atoms with van der Waals surface area (Å²) in [6, 6.07) is 7.13. The van der Waals surface area contributed by atoms with Gasteiger partial charge in [-0.3, -0.25) is 0 Å². The Hall–Kier alpha value is -1.84. The van der Waals surface area contributed by atoms with Crippen molar-refractivity contribution >= 4 is 57.8 Å². The molecule has 2 aliphatic heterocycles. The van der Waals surface area contributed by atoms with Crippen molar-refractivity contribution in [1.29, 1.82) is 0 Å². The Morgan fingerprint density at radius 3 is 2.32 bits per heavy atom. The quantitative estimate of drug-likeness (QED) is 0.638. The van der Waals surface area contributed by atoms with E-state index in [1.807, 2.05) is 31.0 Å². The molecule has 0 aliphatic carbocycles. The Kier molecular flexibility index (Phi) is 6.16. The number of hydrogen-bond acceptors (Lipinski definition) is 9. The number of thioether (sulfide) groups is 2. The zero-order valence-electron chi connectivity index (χ0n) is 15.9. The van der Waals surface area contributed by atoms with Gasteiger partial charge in [0, 0.05) is 17.8 Å². The molecular formula is C18H20ClN3O4S2. The molecule has 1 spiro atoms. The normalized spacial score (nSPS) is 21.4. The van der Waals surface area contributed by atoms with Crippen LogP contribution in [0.25, 0.3) is 0 Å². The number of allylic oxidation sites excluding steroid dienone is 1. The second-order valence-electron chi connectivity index (χ2n) is 5.86. The van der Waals surface area contributed by atoms with E-state index < -0.39 is 16.3 Å². The smallest absolute Gasteiger partial charge is 0.365 e. The average Bonchev–Trinajstić information content (AvgIpc) is 3.17. The molecule has 1 aromatic carbocycles. The van der Waals surface area contributed by atoms with Crippen LogP contribution in [0.1, 0.15) is 20.8 Å². The zero-order chi connectivity index (χ0) is 20.5. The maximum Gasteiger partial charge on any atom is 0.365 e. The molecule has 0 unspecified atom stereocenters. The van der Waals surface area contributed by atoms with Gasteiger partial charge < -0.3 is 14.4 Å². The number of hydrogen-bond donors (Lipinski definition) is 0. The summed E-state index contributed by atoms with van der Waals surface area (Å²) >= 11 is 8.55. The van der Waals surface area contributed by atoms with Crippen molar-refractivity contribution in [3.8, 4) is 0 Å². The molecule has 0 saturated heterocycles. The number of halogens is 1. The molecule has 28 heavy (non-hydrogen) atoms. The number of hydrazone groups is 1. The van der Waals surface area contributed by atoms with Crippen molar-refractivity contribution in [1.82, 2.24) is 4.90 Å². The molecule has 0 radical (unpaired) electrons. The van der Waals surface area contributed by atoms with Gasteiger partial charge in [-0.1, -0.05) is 23.4 Å². The molecule has 2 heterocycles. The van der Waals surface area contributed by atoms with Crippen molar-refractivity contribution in [3.05, 3.63) is 39.9 Å². The number of esters is 2. The summed E-state index contributed by atoms with van der Waals surface area (Å²) < 4.78 is 9.45. The van der Waals surface area contributed by atoms with Crippen LogP contribution in [0.5, 0.6) is 0 Å². The summed E-state index contributed by atoms with van der Waals surface area (Å²) in [5.41, 5.74) is 1.48. The average molecular weight is 442 g/mol. The minimum atomic E-state index is -0.887. The summed E-state index contributed by atoms with van der Waals surface area (Å²) in [5, 5.41) is 7.04. The summed E-state index contributed by atoms with van der Waals surface area (Å²) in [4.78, 5) is 27.2. The minimum Gasteiger partial charge on any atom is -0.462 e. The lowest BCUT2D eigenvalue weighted by Crippen LogP contribution is -2.47. The molecule has 2 aliphatic rings. The first kappa shape index (κ1) is 20.9. The predicted octanol–water partition coefficient (Wildman–Crippen LogP) is 3.85. The first-order valence-electron chi connectivity index (χ1n) is 8.65. The van der Waals surface area contributed by atoms with Gasteiger partial charge in [0.25, 0.3) is 0 Å². The van der Waals surface area contributed by atoms with Crippen LogP contribution in [0, 0.1) is 0 Å². The number of nitrogens with zero attached hydrogens (tertiary/aromatic N) is 3. The Bertz CT molecular complexity index is 859. The summed E-state index contributed by atoms with van der Waals surface area (Å²) in [7, 11) is 1.86. The molecule has 0 bridgehead atoms. The van der Waals surface area contributed by atoms with E-state index in [1.54, 1.807) is 31.0 Å². The van der Waals surface area contributed by atoms with Crippen molar-refractivity contribution in [2.75, 3.05) is 25.3 Å². The first-order chi connectivity index (χ1) is 13.3. The Labute approximate surface area is 177 Å². The number of rotatable bonds is 5. The monoisotopic (exact) mass is 441 g/mol. The van der Waals surface area contributed by atoms with Crippen LogP contribution in [0.3, 0.4) is 0 Å². The molecule has 0 saturated carbocycles. The van der Waals surface area contributed by atoms with Crippen molar-refractivity contribution in [3.63, 3.8) is 0 Å². The molecule has 7 nitrogen and oxygen atoms in total. The zero-order valence-corrected chi connectivity index (χ0v) is 18.3. The summed E-state index contributed by atoms with van der Waals surface area (Å²) in [5.74, 6) is -0.894. The largest absolute Gasteiger partial charge is 0.462 e. The maximum atomic E-state index is 12.4. The fourth-order valence-electron chi connectivity index (χ4n) is 2.72. The number of carbonyl (C=O) groups excluding carboxylic acids is 2. The van der Waals surface area contributed by atoms with Crippen molar-refractivity contribution in [2.45, 2.75) is 25.1 Å². The second kappa shape index (κ2) is 8.26. The number of benzene rings is 1. The van der Waals surface area contributed by atoms with Crippen LogP contribution in [-0.2, 0) is 19.1 Å². The van der Waals surface area contributed by atoms with Gasteiger partial charge in [-0.05, 0) is 56.8 Å². The van der Waals surface area contributed by atoms with Crippen LogP contribution in [0.2, 0.25) is 5.02 Å². The molecule has 0 amide bonds. The number of carbonyl (C=O) groups is 2. The standard InChI is InChI=1S/C18H20ClN3O4S2/c1-5-25-16(23)14-11(3)21(4)18(27-14)22(13-9-7-12(19)8-10-13)20-15(28-18)17(24)26-6-2/h7-10H,5-6H2,1-4H3/t18-/m0/s1. The SMILES string of the molecule is CCOC(=O)C1=NN(c2ccc(Cl)cc2)[C@]2(S1)SC(C(=O)OCC)=C(C)N2C. The highest BCUT2D eigenvalue weighted by Gasteiger charge is 2.56. The van der Waals surface area contributed by atoms with E-state index in [2.05, 4.69) is 5.10 Å². The number of anilines is 1. The van der Waals surface area contributed by atoms with Gasteiger partial charge in [0.05, 0.1) is 18.9 Å². The third-order valence-electron chi connectivity index (χ3n) is 4.16. The van der Waals surface area contributed by atoms with Gasteiger partial charge in [-0.25, -0.2) is 14.6 Å². The highest BCUT2D eigenvalue weighted by molar-refractivity contribution is 8.28. The molecule has 0 aromatic heterocycles. The van der Waals surface area contributed by atoms with Gasteiger partial charge in [0.15, 0.2) is 0 Å². The van der Waals surface area contributed by atoms with Crippen molar-refractivity contribution in [2.24, 2.45) is 5.10 Å². The molecule has 10 heteroatoms. The second-order valence-corrected chi connectivity index (χ2v) is 8.90. The molecule has 1 atom stereocenters. The highest BCUT2D eigenvalue weighted by Crippen LogP contribution is 2.58. The molecule has 1 aromatic rings. The molecule has 0 N–H and O–H groups in total. The summed E-state index contributed by atoms with van der Waals surface area (Å²) in [6.07, 6.45) is 0. The van der Waals surface area contributed by atoms with E-state index in [1.165, 1.54) is 23.5 Å². The third kappa shape index (κ3) is 3.58. The Morgan fingerprint density at radius 2 is 1.71 bits per heavy atom. The first-order valence-corrected chi connectivity index (χ1v) is 10.7. The molecular weight excluding hydrogens is 422 g/mol. The van der Waals surface area contributed by atoms with E-state index in [-0.39, 0.29) is 18.3 Å². The van der Waals surface area contributed by atoms with Gasteiger partial charge >= 0.3 is 11.9 Å². The van der Waals surface area contributed by atoms with E-state index >= 15 is 0 Å². The number of ether oxygens (including phenoxy) is 2. The molecule has 3 rings (SSSR count). The Morgan fingerprint density at radius 1 is 1.11 bits per heavy atom. The van der Waals surface area contributed by atoms with Crippen LogP contribution >= 0.6 is 35.1 Å². The fourth-order valence-corrected chi connectivity index (χ4v) is 5.72. The lowest BCUT2D eigenvalue weighted by molar-refractivity contribution is -0.137. The lowest BCUT2D eigenvalue weighted by Gasteiger charge is -2.39. The predicted molar refractivity (Wildman–Crippen MR) is 113 cm³/mol.